The van der Waals surface area contributed by atoms with Crippen molar-refractivity contribution < 1.29 is 4.74 Å². The Hall–Kier alpha value is -1.71. The van der Waals surface area contributed by atoms with Crippen LogP contribution in [0.15, 0.2) is 23.2 Å². The molecule has 22 heavy (non-hydrogen) atoms. The molecule has 122 valence electrons. The van der Waals surface area contributed by atoms with Crippen LogP contribution in [0.5, 0.6) is 5.75 Å². The van der Waals surface area contributed by atoms with Gasteiger partial charge in [0.1, 0.15) is 5.75 Å². The summed E-state index contributed by atoms with van der Waals surface area (Å²) in [6.07, 6.45) is 2.46. The zero-order valence-corrected chi connectivity index (χ0v) is 14.4. The van der Waals surface area contributed by atoms with Gasteiger partial charge < -0.3 is 15.4 Å². The first kappa shape index (κ1) is 16.7. The van der Waals surface area contributed by atoms with Crippen molar-refractivity contribution in [3.05, 3.63) is 29.3 Å². The first-order chi connectivity index (χ1) is 10.5. The van der Waals surface area contributed by atoms with Crippen molar-refractivity contribution in [3.63, 3.8) is 0 Å². The Morgan fingerprint density at radius 2 is 2.18 bits per heavy atom. The van der Waals surface area contributed by atoms with E-state index in [1.165, 1.54) is 12.0 Å². The lowest BCUT2D eigenvalue weighted by molar-refractivity contribution is 0.215. The molecule has 1 aliphatic carbocycles. The van der Waals surface area contributed by atoms with Gasteiger partial charge in [0, 0.05) is 25.2 Å². The number of nitrogens with one attached hydrogen (secondary N) is 2. The fraction of sp³-hybridized carbons (Fsp3) is 0.611. The van der Waals surface area contributed by atoms with Crippen LogP contribution in [-0.2, 0) is 6.54 Å². The summed E-state index contributed by atoms with van der Waals surface area (Å²) in [7, 11) is 1.81. The third kappa shape index (κ3) is 4.65. The number of benzene rings is 1. The molecule has 1 aromatic rings. The van der Waals surface area contributed by atoms with E-state index in [0.29, 0.717) is 12.6 Å². The summed E-state index contributed by atoms with van der Waals surface area (Å²) in [6.45, 7) is 9.31. The molecule has 1 fully saturated rings. The van der Waals surface area contributed by atoms with Gasteiger partial charge in [-0.25, -0.2) is 0 Å². The molecule has 2 rings (SSSR count). The number of rotatable bonds is 6. The molecule has 0 amide bonds. The fourth-order valence-electron chi connectivity index (χ4n) is 2.29. The van der Waals surface area contributed by atoms with Crippen molar-refractivity contribution in [1.29, 1.82) is 0 Å². The summed E-state index contributed by atoms with van der Waals surface area (Å²) >= 11 is 0. The van der Waals surface area contributed by atoms with E-state index < -0.39 is 0 Å². The first-order valence-electron chi connectivity index (χ1n) is 8.26. The Bertz CT molecular complexity index is 527. The Balaban J connectivity index is 1.98. The standard InChI is InChI=1S/C18H29N3O/c1-6-14(4)22-17-9-12(2)7-8-15(17)11-20-18(19-5)21-16-10-13(16)3/h7-9,13-14,16H,6,10-11H2,1-5H3,(H2,19,20,21). The third-order valence-electron chi connectivity index (χ3n) is 4.23. The lowest BCUT2D eigenvalue weighted by Gasteiger charge is -2.18. The van der Waals surface area contributed by atoms with Crippen LogP contribution in [0.25, 0.3) is 0 Å². The second-order valence-corrected chi connectivity index (χ2v) is 6.34. The predicted molar refractivity (Wildman–Crippen MR) is 92.5 cm³/mol. The molecule has 1 saturated carbocycles. The summed E-state index contributed by atoms with van der Waals surface area (Å²) in [5, 5.41) is 6.83. The molecule has 0 radical (unpaired) electrons. The van der Waals surface area contributed by atoms with Crippen molar-refractivity contribution in [1.82, 2.24) is 10.6 Å². The van der Waals surface area contributed by atoms with Crippen LogP contribution in [0.1, 0.15) is 44.7 Å². The van der Waals surface area contributed by atoms with Crippen LogP contribution in [0.4, 0.5) is 0 Å². The van der Waals surface area contributed by atoms with Gasteiger partial charge in [-0.2, -0.15) is 0 Å². The van der Waals surface area contributed by atoms with Crippen LogP contribution >= 0.6 is 0 Å². The quantitative estimate of drug-likeness (QED) is 0.626. The van der Waals surface area contributed by atoms with E-state index >= 15 is 0 Å². The molecule has 3 atom stereocenters. The third-order valence-corrected chi connectivity index (χ3v) is 4.23. The summed E-state index contributed by atoms with van der Waals surface area (Å²) in [6, 6.07) is 6.94. The van der Waals surface area contributed by atoms with E-state index in [0.717, 1.165) is 29.6 Å². The van der Waals surface area contributed by atoms with E-state index in [4.69, 9.17) is 4.74 Å². The molecule has 4 heteroatoms. The second kappa shape index (κ2) is 7.52. The highest BCUT2D eigenvalue weighted by Gasteiger charge is 2.33. The molecular weight excluding hydrogens is 274 g/mol. The van der Waals surface area contributed by atoms with Gasteiger partial charge in [0.15, 0.2) is 5.96 Å². The lowest BCUT2D eigenvalue weighted by atomic mass is 10.1. The highest BCUT2D eigenvalue weighted by molar-refractivity contribution is 5.80. The van der Waals surface area contributed by atoms with Gasteiger partial charge in [0.25, 0.3) is 0 Å². The number of hydrogen-bond acceptors (Lipinski definition) is 2. The summed E-state index contributed by atoms with van der Waals surface area (Å²) in [5.74, 6) is 2.59. The number of guanidine groups is 1. The zero-order valence-electron chi connectivity index (χ0n) is 14.4. The Labute approximate surface area is 134 Å². The molecular formula is C18H29N3O. The van der Waals surface area contributed by atoms with Crippen molar-refractivity contribution in [2.45, 2.75) is 59.2 Å². The number of hydrogen-bond donors (Lipinski definition) is 2. The molecule has 2 N–H and O–H groups in total. The Kier molecular flexibility index (Phi) is 5.69. The maximum atomic E-state index is 6.05. The van der Waals surface area contributed by atoms with E-state index in [2.05, 4.69) is 61.5 Å². The summed E-state index contributed by atoms with van der Waals surface area (Å²) in [4.78, 5) is 4.30. The summed E-state index contributed by atoms with van der Waals surface area (Å²) < 4.78 is 6.05. The van der Waals surface area contributed by atoms with Gasteiger partial charge in [-0.15, -0.1) is 0 Å². The van der Waals surface area contributed by atoms with E-state index in [1.54, 1.807) is 0 Å². The zero-order chi connectivity index (χ0) is 16.1. The van der Waals surface area contributed by atoms with Gasteiger partial charge >= 0.3 is 0 Å². The molecule has 1 aliphatic rings. The first-order valence-corrected chi connectivity index (χ1v) is 8.26. The molecule has 0 saturated heterocycles. The molecule has 1 aromatic carbocycles. The fourth-order valence-corrected chi connectivity index (χ4v) is 2.29. The van der Waals surface area contributed by atoms with Crippen LogP contribution in [0, 0.1) is 12.8 Å². The molecule has 0 spiro atoms. The average Bonchev–Trinajstić information content (AvgIpc) is 3.20. The number of aliphatic imine (C=N–C) groups is 1. The number of aryl methyl sites for hydroxylation is 1. The van der Waals surface area contributed by atoms with Crippen molar-refractivity contribution >= 4 is 5.96 Å². The molecule has 3 unspecified atom stereocenters. The van der Waals surface area contributed by atoms with Gasteiger partial charge in [-0.05, 0) is 44.2 Å². The smallest absolute Gasteiger partial charge is 0.191 e. The topological polar surface area (TPSA) is 45.6 Å². The van der Waals surface area contributed by atoms with Crippen LogP contribution in [0.3, 0.4) is 0 Å². The van der Waals surface area contributed by atoms with E-state index in [1.807, 2.05) is 7.05 Å². The minimum Gasteiger partial charge on any atom is -0.490 e. The molecule has 0 heterocycles. The monoisotopic (exact) mass is 303 g/mol. The van der Waals surface area contributed by atoms with Crippen LogP contribution < -0.4 is 15.4 Å². The SMILES string of the molecule is CCC(C)Oc1cc(C)ccc1CNC(=NC)NC1CC1C. The normalized spacial score (nSPS) is 22.1. The van der Waals surface area contributed by atoms with E-state index in [-0.39, 0.29) is 6.10 Å². The average molecular weight is 303 g/mol. The Morgan fingerprint density at radius 1 is 1.45 bits per heavy atom. The van der Waals surface area contributed by atoms with Crippen LogP contribution in [0.2, 0.25) is 0 Å². The van der Waals surface area contributed by atoms with Gasteiger partial charge in [0.05, 0.1) is 6.10 Å². The maximum absolute atomic E-state index is 6.05. The highest BCUT2D eigenvalue weighted by Crippen LogP contribution is 2.28. The Morgan fingerprint density at radius 3 is 2.77 bits per heavy atom. The molecule has 0 aliphatic heterocycles. The predicted octanol–water partition coefficient (Wildman–Crippen LogP) is 3.25. The largest absolute Gasteiger partial charge is 0.490 e. The number of nitrogens with zero attached hydrogens (tertiary/aromatic N) is 1. The molecule has 0 aromatic heterocycles. The summed E-state index contributed by atoms with van der Waals surface area (Å²) in [5.41, 5.74) is 2.38. The van der Waals surface area contributed by atoms with Gasteiger partial charge in [-0.3, -0.25) is 4.99 Å². The van der Waals surface area contributed by atoms with Crippen LogP contribution in [-0.4, -0.2) is 25.2 Å². The van der Waals surface area contributed by atoms with E-state index in [9.17, 15) is 0 Å². The van der Waals surface area contributed by atoms with Crippen molar-refractivity contribution in [2.24, 2.45) is 10.9 Å². The second-order valence-electron chi connectivity index (χ2n) is 6.34. The number of ether oxygens (including phenoxy) is 1. The van der Waals surface area contributed by atoms with Gasteiger partial charge in [-0.1, -0.05) is 26.0 Å². The van der Waals surface area contributed by atoms with Gasteiger partial charge in [0.2, 0.25) is 0 Å². The minimum absolute atomic E-state index is 0.227. The molecule has 0 bridgehead atoms. The van der Waals surface area contributed by atoms with Crippen molar-refractivity contribution in [3.8, 4) is 5.75 Å². The highest BCUT2D eigenvalue weighted by atomic mass is 16.5. The van der Waals surface area contributed by atoms with Crippen molar-refractivity contribution in [2.75, 3.05) is 7.05 Å². The molecule has 4 nitrogen and oxygen atoms in total. The lowest BCUT2D eigenvalue weighted by Crippen LogP contribution is -2.38. The minimum atomic E-state index is 0.227. The maximum Gasteiger partial charge on any atom is 0.191 e.